The van der Waals surface area contributed by atoms with Crippen LogP contribution in [0.15, 0.2) is 66.9 Å². The summed E-state index contributed by atoms with van der Waals surface area (Å²) in [5, 5.41) is 29.3. The zero-order valence-corrected chi connectivity index (χ0v) is 13.7. The van der Waals surface area contributed by atoms with Gasteiger partial charge in [0.1, 0.15) is 5.69 Å². The van der Waals surface area contributed by atoms with Crippen molar-refractivity contribution in [2.24, 2.45) is 0 Å². The largest absolute Gasteiger partial charge is 0.390 e. The van der Waals surface area contributed by atoms with Gasteiger partial charge in [-0.05, 0) is 11.1 Å². The molecule has 6 heteroatoms. The van der Waals surface area contributed by atoms with E-state index in [0.29, 0.717) is 16.8 Å². The van der Waals surface area contributed by atoms with Crippen molar-refractivity contribution >= 4 is 11.6 Å². The second kappa shape index (κ2) is 7.13. The number of rotatable bonds is 6. The van der Waals surface area contributed by atoms with E-state index >= 15 is 0 Å². The predicted octanol–water partition coefficient (Wildman–Crippen LogP) is 2.16. The molecule has 1 unspecified atom stereocenters. The minimum atomic E-state index is -1.42. The van der Waals surface area contributed by atoms with Gasteiger partial charge in [-0.1, -0.05) is 65.9 Å². The molecular formula is C18H18ClN3O2. The molecule has 24 heavy (non-hydrogen) atoms. The van der Waals surface area contributed by atoms with Crippen molar-refractivity contribution in [3.05, 3.63) is 83.7 Å². The van der Waals surface area contributed by atoms with Gasteiger partial charge in [-0.3, -0.25) is 0 Å². The van der Waals surface area contributed by atoms with Gasteiger partial charge in [0.25, 0.3) is 0 Å². The molecule has 1 aromatic heterocycles. The van der Waals surface area contributed by atoms with Crippen LogP contribution in [0.25, 0.3) is 0 Å². The summed E-state index contributed by atoms with van der Waals surface area (Å²) in [6, 6.07) is 18.6. The van der Waals surface area contributed by atoms with Gasteiger partial charge in [0, 0.05) is 0 Å². The molecule has 5 nitrogen and oxygen atoms in total. The predicted molar refractivity (Wildman–Crippen MR) is 91.7 cm³/mol. The minimum absolute atomic E-state index is 0.108. The number of nitrogens with zero attached hydrogens (tertiary/aromatic N) is 3. The lowest BCUT2D eigenvalue weighted by molar-refractivity contribution is 0.120. The van der Waals surface area contributed by atoms with Crippen LogP contribution < -0.4 is 0 Å². The lowest BCUT2D eigenvalue weighted by Crippen LogP contribution is -2.29. The Morgan fingerprint density at radius 3 is 2.04 bits per heavy atom. The number of benzene rings is 2. The smallest absolute Gasteiger partial charge is 0.160 e. The Labute approximate surface area is 145 Å². The molecule has 0 aliphatic rings. The molecule has 0 saturated heterocycles. The fourth-order valence-corrected chi connectivity index (χ4v) is 2.74. The maximum Gasteiger partial charge on any atom is 0.160 e. The van der Waals surface area contributed by atoms with E-state index in [1.165, 1.54) is 4.68 Å². The molecule has 124 valence electrons. The molecular weight excluding hydrogens is 326 g/mol. The molecule has 2 N–H and O–H groups in total. The van der Waals surface area contributed by atoms with Crippen LogP contribution in [0.3, 0.4) is 0 Å². The zero-order chi connectivity index (χ0) is 17.0. The Hall–Kier alpha value is -2.21. The van der Waals surface area contributed by atoms with Gasteiger partial charge < -0.3 is 10.2 Å². The number of halogens is 1. The van der Waals surface area contributed by atoms with Gasteiger partial charge in [-0.2, -0.15) is 0 Å². The van der Waals surface area contributed by atoms with Crippen molar-refractivity contribution in [1.82, 2.24) is 15.0 Å². The fourth-order valence-electron chi connectivity index (χ4n) is 2.64. The third kappa shape index (κ3) is 3.19. The van der Waals surface area contributed by atoms with E-state index in [9.17, 15) is 10.2 Å². The number of aliphatic hydroxyl groups excluding tert-OH is 1. The number of hydrogen-bond acceptors (Lipinski definition) is 4. The van der Waals surface area contributed by atoms with E-state index < -0.39 is 11.7 Å². The Morgan fingerprint density at radius 2 is 1.54 bits per heavy atom. The summed E-state index contributed by atoms with van der Waals surface area (Å²) in [4.78, 5) is 0. The van der Waals surface area contributed by atoms with Crippen molar-refractivity contribution in [3.8, 4) is 0 Å². The molecule has 0 fully saturated rings. The van der Waals surface area contributed by atoms with Crippen molar-refractivity contribution in [2.75, 3.05) is 5.88 Å². The zero-order valence-electron chi connectivity index (χ0n) is 13.0. The molecule has 0 radical (unpaired) electrons. The Kier molecular flexibility index (Phi) is 4.94. The van der Waals surface area contributed by atoms with Crippen LogP contribution in [0.1, 0.15) is 16.8 Å². The van der Waals surface area contributed by atoms with E-state index in [1.54, 1.807) is 6.20 Å². The molecule has 0 bridgehead atoms. The van der Waals surface area contributed by atoms with Gasteiger partial charge >= 0.3 is 0 Å². The standard InChI is InChI=1S/C18H18ClN3O2/c19-11-16(23)12-22-13-17(20-21-22)18(24,14-7-3-1-4-8-14)15-9-5-2-6-10-15/h1-10,13,16,23-24H,11-12H2. The summed E-state index contributed by atoms with van der Waals surface area (Å²) in [5.74, 6) is 0.108. The lowest BCUT2D eigenvalue weighted by atomic mass is 9.84. The number of aliphatic hydroxyl groups is 2. The summed E-state index contributed by atoms with van der Waals surface area (Å²) in [7, 11) is 0. The summed E-state index contributed by atoms with van der Waals surface area (Å²) >= 11 is 5.63. The fraction of sp³-hybridized carbons (Fsp3) is 0.222. The molecule has 0 amide bonds. The first kappa shape index (κ1) is 16.6. The third-order valence-electron chi connectivity index (χ3n) is 3.87. The highest BCUT2D eigenvalue weighted by atomic mass is 35.5. The second-order valence-electron chi connectivity index (χ2n) is 5.58. The van der Waals surface area contributed by atoms with Crippen molar-refractivity contribution < 1.29 is 10.2 Å². The van der Waals surface area contributed by atoms with Crippen LogP contribution in [0.4, 0.5) is 0 Å². The van der Waals surface area contributed by atoms with Crippen LogP contribution in [0.5, 0.6) is 0 Å². The average molecular weight is 344 g/mol. The molecule has 0 aliphatic carbocycles. The van der Waals surface area contributed by atoms with Crippen LogP contribution in [-0.4, -0.2) is 37.2 Å². The van der Waals surface area contributed by atoms with Gasteiger partial charge in [0.15, 0.2) is 5.60 Å². The highest BCUT2D eigenvalue weighted by Gasteiger charge is 2.36. The van der Waals surface area contributed by atoms with Gasteiger partial charge in [0.05, 0.1) is 24.7 Å². The number of aromatic nitrogens is 3. The van der Waals surface area contributed by atoms with Gasteiger partial charge in [-0.25, -0.2) is 4.68 Å². The molecule has 1 heterocycles. The van der Waals surface area contributed by atoms with Crippen LogP contribution in [-0.2, 0) is 12.1 Å². The number of alkyl halides is 1. The SMILES string of the molecule is OC(CCl)Cn1cc(C(O)(c2ccccc2)c2ccccc2)nn1. The van der Waals surface area contributed by atoms with Crippen molar-refractivity contribution in [2.45, 2.75) is 18.2 Å². The van der Waals surface area contributed by atoms with Gasteiger partial charge in [-0.15, -0.1) is 16.7 Å². The summed E-state index contributed by atoms with van der Waals surface area (Å²) < 4.78 is 1.49. The molecule has 0 spiro atoms. The maximum atomic E-state index is 11.5. The van der Waals surface area contributed by atoms with Crippen LogP contribution >= 0.6 is 11.6 Å². The quantitative estimate of drug-likeness (QED) is 0.673. The highest BCUT2D eigenvalue weighted by molar-refractivity contribution is 6.18. The molecule has 0 saturated carbocycles. The van der Waals surface area contributed by atoms with Crippen molar-refractivity contribution in [3.63, 3.8) is 0 Å². The van der Waals surface area contributed by atoms with E-state index in [0.717, 1.165) is 0 Å². The Balaban J connectivity index is 2.06. The Bertz CT molecular complexity index is 738. The molecule has 1 atom stereocenters. The van der Waals surface area contributed by atoms with Gasteiger partial charge in [0.2, 0.25) is 0 Å². The summed E-state index contributed by atoms with van der Waals surface area (Å²) in [6.07, 6.45) is 0.915. The monoisotopic (exact) mass is 343 g/mol. The number of hydrogen-bond donors (Lipinski definition) is 2. The second-order valence-corrected chi connectivity index (χ2v) is 5.89. The minimum Gasteiger partial charge on any atom is -0.390 e. The highest BCUT2D eigenvalue weighted by Crippen LogP contribution is 2.35. The van der Waals surface area contributed by atoms with E-state index in [1.807, 2.05) is 60.7 Å². The molecule has 0 aliphatic heterocycles. The van der Waals surface area contributed by atoms with Crippen LogP contribution in [0, 0.1) is 0 Å². The normalized spacial score (nSPS) is 13.0. The molecule has 2 aromatic carbocycles. The van der Waals surface area contributed by atoms with Crippen molar-refractivity contribution in [1.29, 1.82) is 0 Å². The summed E-state index contributed by atoms with van der Waals surface area (Å²) in [5.41, 5.74) is 0.358. The first-order valence-electron chi connectivity index (χ1n) is 7.62. The van der Waals surface area contributed by atoms with E-state index in [-0.39, 0.29) is 12.4 Å². The van der Waals surface area contributed by atoms with E-state index in [2.05, 4.69) is 10.3 Å². The molecule has 3 aromatic rings. The molecule has 3 rings (SSSR count). The maximum absolute atomic E-state index is 11.5. The Morgan fingerprint density at radius 1 is 1.00 bits per heavy atom. The topological polar surface area (TPSA) is 71.2 Å². The third-order valence-corrected chi connectivity index (χ3v) is 4.22. The average Bonchev–Trinajstić information content (AvgIpc) is 3.11. The first-order chi connectivity index (χ1) is 11.6. The lowest BCUT2D eigenvalue weighted by Gasteiger charge is -2.27. The van der Waals surface area contributed by atoms with E-state index in [4.69, 9.17) is 11.6 Å². The van der Waals surface area contributed by atoms with Crippen LogP contribution in [0.2, 0.25) is 0 Å². The summed E-state index contributed by atoms with van der Waals surface area (Å²) in [6.45, 7) is 0.218. The first-order valence-corrected chi connectivity index (χ1v) is 8.16.